The lowest BCUT2D eigenvalue weighted by atomic mass is 9.30. The highest BCUT2D eigenvalue weighted by Gasteiger charge is 2.54. The van der Waals surface area contributed by atoms with Crippen LogP contribution in [0.2, 0.25) is 0 Å². The van der Waals surface area contributed by atoms with Gasteiger partial charge in [0.25, 0.3) is 13.4 Å². The van der Waals surface area contributed by atoms with Crippen LogP contribution in [0.1, 0.15) is 101 Å². The largest absolute Gasteiger partial charge is 0.458 e. The fourth-order valence-corrected chi connectivity index (χ4v) is 15.6. The molecule has 11 aromatic carbocycles. The number of hydrogen-bond acceptors (Lipinski definition) is 4. The van der Waals surface area contributed by atoms with Gasteiger partial charge in [-0.1, -0.05) is 220 Å². The lowest BCUT2D eigenvalue weighted by Crippen LogP contribution is -2.63. The Balaban J connectivity index is 0.986. The summed E-state index contributed by atoms with van der Waals surface area (Å²) in [6.45, 7) is 20.6. The smallest absolute Gasteiger partial charge is 0.256 e. The summed E-state index contributed by atoms with van der Waals surface area (Å²) in [5.74, 6) is 3.59. The second kappa shape index (κ2) is 17.4. The summed E-state index contributed by atoms with van der Waals surface area (Å²) in [4.78, 5) is 5.18. The topological polar surface area (TPSA) is 24.9 Å². The van der Waals surface area contributed by atoms with Crippen LogP contribution >= 0.6 is 0 Å². The molecule has 408 valence electrons. The summed E-state index contributed by atoms with van der Waals surface area (Å²) in [5, 5.41) is 0. The van der Waals surface area contributed by atoms with Crippen LogP contribution in [0, 0.1) is 0 Å². The van der Waals surface area contributed by atoms with E-state index in [1.165, 1.54) is 94.1 Å². The molecule has 85 heavy (non-hydrogen) atoms. The van der Waals surface area contributed by atoms with Crippen molar-refractivity contribution < 1.29 is 9.47 Å². The van der Waals surface area contributed by atoms with Gasteiger partial charge in [-0.3, -0.25) is 0 Å². The summed E-state index contributed by atoms with van der Waals surface area (Å²) in [6, 6.07) is 85.4. The quantitative estimate of drug-likeness (QED) is 0.165. The van der Waals surface area contributed by atoms with Crippen molar-refractivity contribution in [2.45, 2.75) is 84.0 Å². The van der Waals surface area contributed by atoms with Gasteiger partial charge in [-0.05, 0) is 188 Å². The van der Waals surface area contributed by atoms with Crippen LogP contribution in [-0.2, 0) is 21.7 Å². The van der Waals surface area contributed by atoms with Crippen molar-refractivity contribution in [2.24, 2.45) is 0 Å². The van der Waals surface area contributed by atoms with Gasteiger partial charge in [-0.15, -0.1) is 0 Å². The molecule has 0 N–H and O–H groups in total. The average molecular weight is 1100 g/mol. The lowest BCUT2D eigenvalue weighted by molar-refractivity contribution is 0.483. The Kier molecular flexibility index (Phi) is 10.3. The molecule has 2 aliphatic carbocycles. The Morgan fingerprint density at radius 1 is 0.318 bits per heavy atom. The average Bonchev–Trinajstić information content (AvgIpc) is 1.67. The van der Waals surface area contributed by atoms with Crippen molar-refractivity contribution in [3.8, 4) is 56.4 Å². The summed E-state index contributed by atoms with van der Waals surface area (Å²) in [6.07, 6.45) is 0. The van der Waals surface area contributed by atoms with Crippen molar-refractivity contribution in [1.82, 2.24) is 0 Å². The number of benzene rings is 11. The minimum absolute atomic E-state index is 0.0853. The van der Waals surface area contributed by atoms with Crippen LogP contribution in [0.4, 0.5) is 34.1 Å². The maximum absolute atomic E-state index is 7.45. The summed E-state index contributed by atoms with van der Waals surface area (Å²) >= 11 is 0. The summed E-state index contributed by atoms with van der Waals surface area (Å²) in [5.41, 5.74) is 29.6. The number of rotatable bonds is 3. The number of ether oxygens (including phenoxy) is 2. The molecule has 0 saturated heterocycles. The molecule has 0 bridgehead atoms. The van der Waals surface area contributed by atoms with Crippen molar-refractivity contribution in [1.29, 1.82) is 0 Å². The predicted octanol–water partition coefficient (Wildman–Crippen LogP) is 16.4. The maximum Gasteiger partial charge on any atom is 0.256 e. The van der Waals surface area contributed by atoms with Gasteiger partial charge < -0.3 is 19.3 Å². The monoisotopic (exact) mass is 1090 g/mol. The molecule has 1 spiro atoms. The molecule has 0 unspecified atom stereocenters. The second-order valence-corrected chi connectivity index (χ2v) is 27.6. The van der Waals surface area contributed by atoms with E-state index in [0.717, 1.165) is 68.1 Å². The first kappa shape index (κ1) is 50.3. The molecule has 4 aliphatic heterocycles. The molecule has 0 aromatic heterocycles. The maximum atomic E-state index is 7.45. The molecule has 4 heterocycles. The van der Waals surface area contributed by atoms with Gasteiger partial charge in [0.2, 0.25) is 0 Å². The van der Waals surface area contributed by atoms with Gasteiger partial charge in [0, 0.05) is 34.1 Å². The van der Waals surface area contributed by atoms with E-state index in [9.17, 15) is 0 Å². The van der Waals surface area contributed by atoms with Crippen LogP contribution in [0.15, 0.2) is 224 Å². The van der Waals surface area contributed by atoms with E-state index in [0.29, 0.717) is 0 Å². The van der Waals surface area contributed by atoms with Gasteiger partial charge in [0.15, 0.2) is 0 Å². The molecule has 6 heteroatoms. The van der Waals surface area contributed by atoms with E-state index < -0.39 is 5.41 Å². The molecule has 0 fully saturated rings. The minimum atomic E-state index is -0.551. The van der Waals surface area contributed by atoms with Crippen molar-refractivity contribution in [2.75, 3.05) is 9.80 Å². The highest BCUT2D eigenvalue weighted by molar-refractivity contribution is 7.02. The van der Waals surface area contributed by atoms with E-state index in [1.54, 1.807) is 0 Å². The molecule has 11 aromatic rings. The summed E-state index contributed by atoms with van der Waals surface area (Å²) in [7, 11) is 0. The van der Waals surface area contributed by atoms with Gasteiger partial charge in [0.05, 0.1) is 5.41 Å². The second-order valence-electron chi connectivity index (χ2n) is 27.6. The van der Waals surface area contributed by atoms with E-state index in [-0.39, 0.29) is 29.7 Å². The Morgan fingerprint density at radius 3 is 1.26 bits per heavy atom. The zero-order chi connectivity index (χ0) is 57.6. The van der Waals surface area contributed by atoms with E-state index in [4.69, 9.17) is 9.47 Å². The first-order valence-corrected chi connectivity index (χ1v) is 30.4. The molecular formula is C79H64B2N2O2. The van der Waals surface area contributed by atoms with Crippen molar-refractivity contribution in [3.63, 3.8) is 0 Å². The first-order valence-electron chi connectivity index (χ1n) is 30.4. The molecule has 0 atom stereocenters. The van der Waals surface area contributed by atoms with Crippen molar-refractivity contribution >= 4 is 80.3 Å². The highest BCUT2D eigenvalue weighted by atomic mass is 16.5. The third-order valence-corrected chi connectivity index (χ3v) is 19.6. The lowest BCUT2D eigenvalue weighted by Gasteiger charge is -2.45. The molecule has 0 saturated carbocycles. The van der Waals surface area contributed by atoms with Gasteiger partial charge in [0.1, 0.15) is 23.0 Å². The highest BCUT2D eigenvalue weighted by Crippen LogP contribution is 2.65. The standard InChI is InChI=1S/C79H64B2N2O2/c1-76(2,3)48-23-20-25-51(41-48)82-65-46-66-64(81-62-36-17-19-38-70(62)85-72-44-50(78(7,8)9)43-68(75(72)81)83(66)52-26-21-24-49(42-52)77(4,5)6)45-63(65)80-61-35-16-18-37-69(61)84-71-40-47(39-67(82)74(71)80)53-30-22-31-57-56-29-12-15-34-60(56)79(73(53)57)58-32-13-10-27-54(58)55-28-11-14-33-59(55)79/h10-46H,1-9H3. The number of nitrogens with zero attached hydrogens (tertiary/aromatic N) is 2. The third kappa shape index (κ3) is 7.00. The molecular weight excluding hydrogens is 1030 g/mol. The van der Waals surface area contributed by atoms with Crippen LogP contribution in [0.25, 0.3) is 33.4 Å². The number of para-hydroxylation sites is 2. The molecule has 0 amide bonds. The first-order chi connectivity index (χ1) is 41.1. The Bertz CT molecular complexity index is 4660. The zero-order valence-corrected chi connectivity index (χ0v) is 49.7. The predicted molar refractivity (Wildman–Crippen MR) is 356 cm³/mol. The SMILES string of the molecule is CC(C)(C)c1cccc(N2c3cc4c(cc3B3c5ccccc5Oc5cc(-c6cccc7c6C6(c8ccccc8-c8ccccc86)c6ccccc6-7)cc2c53)B2c3ccccc3Oc3cc(C(C)(C)C)cc(c32)N4c2cccc(C(C)(C)C)c2)c1. The normalized spacial score (nSPS) is 14.8. The minimum Gasteiger partial charge on any atom is -0.458 e. The number of anilines is 6. The number of hydrogen-bond donors (Lipinski definition) is 0. The third-order valence-electron chi connectivity index (χ3n) is 19.6. The fourth-order valence-electron chi connectivity index (χ4n) is 15.6. The molecule has 17 rings (SSSR count). The summed E-state index contributed by atoms with van der Waals surface area (Å²) < 4.78 is 14.6. The van der Waals surface area contributed by atoms with Gasteiger partial charge in [-0.25, -0.2) is 0 Å². The zero-order valence-electron chi connectivity index (χ0n) is 49.7. The van der Waals surface area contributed by atoms with Crippen LogP contribution in [-0.4, -0.2) is 13.4 Å². The van der Waals surface area contributed by atoms with Crippen LogP contribution in [0.5, 0.6) is 23.0 Å². The van der Waals surface area contributed by atoms with E-state index >= 15 is 0 Å². The Morgan fingerprint density at radius 2 is 0.741 bits per heavy atom. The van der Waals surface area contributed by atoms with E-state index in [2.05, 4.69) is 297 Å². The van der Waals surface area contributed by atoms with Gasteiger partial charge >= 0.3 is 0 Å². The molecule has 4 nitrogen and oxygen atoms in total. The number of fused-ring (bicyclic) bond motifs is 18. The Hall–Kier alpha value is -9.25. The molecule has 6 aliphatic rings. The van der Waals surface area contributed by atoms with Crippen molar-refractivity contribution in [3.05, 3.63) is 263 Å². The van der Waals surface area contributed by atoms with Gasteiger partial charge in [-0.2, -0.15) is 0 Å². The van der Waals surface area contributed by atoms with Crippen LogP contribution < -0.4 is 52.1 Å². The fraction of sp³-hybridized carbons (Fsp3) is 0.165. The molecule has 0 radical (unpaired) electrons. The Labute approximate surface area is 500 Å². The van der Waals surface area contributed by atoms with Crippen LogP contribution in [0.3, 0.4) is 0 Å². The van der Waals surface area contributed by atoms with E-state index in [1.807, 2.05) is 0 Å².